The smallest absolute Gasteiger partial charge is 0.311 e. The first-order valence-electron chi connectivity index (χ1n) is 24.9. The minimum absolute atomic E-state index is 0.0453. The Labute approximate surface area is 406 Å². The van der Waals surface area contributed by atoms with Crippen LogP contribution in [0.25, 0.3) is 0 Å². The number of Topliss-reactive ketones (excluding diaryl/α,β-unsaturated/α-hetero) is 1. The molecule has 1 aliphatic rings. The predicted octanol–water partition coefficient (Wildman–Crippen LogP) is 13.2. The lowest BCUT2D eigenvalue weighted by Gasteiger charge is -2.52. The molecule has 13 heteroatoms. The Balaban J connectivity index is 2.48. The third kappa shape index (κ3) is 18.3. The van der Waals surface area contributed by atoms with Crippen LogP contribution in [-0.2, 0) is 48.4 Å². The zero-order valence-electron chi connectivity index (χ0n) is 45.6. The highest BCUT2D eigenvalue weighted by Crippen LogP contribution is 2.47. The number of benzene rings is 1. The van der Waals surface area contributed by atoms with E-state index in [0.29, 0.717) is 45.1 Å². The summed E-state index contributed by atoms with van der Waals surface area (Å²) in [6, 6.07) is 9.95. The fourth-order valence-electron chi connectivity index (χ4n) is 7.58. The normalized spacial score (nSPS) is 22.3. The minimum atomic E-state index is -2.33. The van der Waals surface area contributed by atoms with Gasteiger partial charge in [0.05, 0.1) is 55.8 Å². The Morgan fingerprint density at radius 2 is 1.42 bits per heavy atom. The van der Waals surface area contributed by atoms with Crippen molar-refractivity contribution >= 4 is 36.7 Å². The van der Waals surface area contributed by atoms with Crippen molar-refractivity contribution in [2.45, 2.75) is 239 Å². The summed E-state index contributed by atoms with van der Waals surface area (Å²) in [6.07, 6.45) is 3.50. The van der Waals surface area contributed by atoms with Crippen LogP contribution in [-0.4, -0.2) is 98.4 Å². The van der Waals surface area contributed by atoms with Gasteiger partial charge in [-0.25, -0.2) is 0 Å². The molecule has 0 unspecified atom stereocenters. The molecule has 0 bridgehead atoms. The summed E-state index contributed by atoms with van der Waals surface area (Å²) in [6.45, 7) is 46.2. The van der Waals surface area contributed by atoms with Crippen molar-refractivity contribution in [2.24, 2.45) is 17.3 Å². The first-order chi connectivity index (χ1) is 30.0. The molecule has 1 aliphatic heterocycles. The van der Waals surface area contributed by atoms with Gasteiger partial charge in [0, 0.05) is 51.0 Å². The van der Waals surface area contributed by atoms with E-state index >= 15 is 0 Å². The Morgan fingerprint density at radius 1 is 0.864 bits per heavy atom. The maximum Gasteiger partial charge on any atom is 0.311 e. The van der Waals surface area contributed by atoms with Gasteiger partial charge < -0.3 is 37.3 Å². The average molecular weight is 980 g/mol. The van der Waals surface area contributed by atoms with Crippen molar-refractivity contribution in [3.8, 4) is 0 Å². The maximum absolute atomic E-state index is 14.2. The Bertz CT molecular complexity index is 1640. The van der Waals surface area contributed by atoms with E-state index in [9.17, 15) is 14.7 Å². The first-order valence-corrected chi connectivity index (χ1v) is 33.6. The summed E-state index contributed by atoms with van der Waals surface area (Å²) in [5.74, 6) is -1.54. The molecule has 0 aromatic heterocycles. The molecule has 0 spiro atoms. The molecule has 2 rings (SSSR count). The highest BCUT2D eigenvalue weighted by molar-refractivity contribution is 6.75. The number of esters is 1. The number of carbonyl (C=O) groups is 2. The summed E-state index contributed by atoms with van der Waals surface area (Å²) < 4.78 is 47.0. The van der Waals surface area contributed by atoms with Crippen LogP contribution in [0.2, 0.25) is 54.4 Å². The molecule has 1 N–H and O–H groups in total. The predicted molar refractivity (Wildman–Crippen MR) is 278 cm³/mol. The quantitative estimate of drug-likeness (QED) is 0.0546. The molecule has 1 saturated heterocycles. The lowest BCUT2D eigenvalue weighted by atomic mass is 9.83. The van der Waals surface area contributed by atoms with E-state index in [2.05, 4.69) is 115 Å². The third-order valence-corrected chi connectivity index (χ3v) is 28.7. The van der Waals surface area contributed by atoms with E-state index < -0.39 is 48.4 Å². The largest absolute Gasteiger partial charge is 0.465 e. The molecule has 1 aromatic rings. The Morgan fingerprint density at radius 3 is 1.92 bits per heavy atom. The fraction of sp³-hybridized carbons (Fsp3) is 0.811. The van der Waals surface area contributed by atoms with Gasteiger partial charge in [0.25, 0.3) is 0 Å². The van der Waals surface area contributed by atoms with Crippen LogP contribution in [0, 0.1) is 17.3 Å². The molecule has 0 aliphatic carbocycles. The molecular formula is C53H98O10Si3. The molecular weight excluding hydrogens is 881 g/mol. The monoisotopic (exact) mass is 979 g/mol. The van der Waals surface area contributed by atoms with Gasteiger partial charge in [-0.2, -0.15) is 0 Å². The van der Waals surface area contributed by atoms with Crippen molar-refractivity contribution in [2.75, 3.05) is 20.3 Å². The average Bonchev–Trinajstić information content (AvgIpc) is 3.16. The Kier molecular flexibility index (Phi) is 22.5. The van der Waals surface area contributed by atoms with Crippen molar-refractivity contribution in [1.82, 2.24) is 0 Å². The van der Waals surface area contributed by atoms with E-state index in [-0.39, 0.29) is 76.6 Å². The standard InChI is InChI=1S/C53H98O10Si3/c1-22-40(37-59-48(56)49(3,4)5)45(62-65(18,19)51(9,10)11)32-41(54)30-27-31-43(61-64(16,17)50(6,7)8)34-53(57-15)35-47(63-66(20,21)52(12,13)14)44(23-2)46(60-53)33-42(55)38-58-36-39-28-25-24-26-29-39/h23-26,28-29,40,42-47,55H,2,22,27,30-38H2,1,3-21H3/t40-,42-,43+,44+,45-,46+,47+,53-/m1/s1. The number of ketones is 1. The number of hydrogen-bond acceptors (Lipinski definition) is 10. The molecule has 0 radical (unpaired) electrons. The number of carbonyl (C=O) groups excluding carboxylic acids is 2. The van der Waals surface area contributed by atoms with Crippen LogP contribution >= 0.6 is 0 Å². The van der Waals surface area contributed by atoms with Gasteiger partial charge in [0.15, 0.2) is 30.7 Å². The summed E-state index contributed by atoms with van der Waals surface area (Å²) in [5.41, 5.74) is 0.421. The summed E-state index contributed by atoms with van der Waals surface area (Å²) in [4.78, 5) is 27.0. The van der Waals surface area contributed by atoms with E-state index in [0.717, 1.165) is 12.0 Å². The van der Waals surface area contributed by atoms with Crippen LogP contribution in [0.15, 0.2) is 43.0 Å². The second kappa shape index (κ2) is 24.5. The number of aliphatic hydroxyl groups excluding tert-OH is 1. The molecule has 0 amide bonds. The van der Waals surface area contributed by atoms with Gasteiger partial charge in [0.2, 0.25) is 0 Å². The molecule has 10 nitrogen and oxygen atoms in total. The Hall–Kier alpha value is -1.53. The molecule has 0 saturated carbocycles. The number of aliphatic hydroxyl groups is 1. The maximum atomic E-state index is 14.2. The lowest BCUT2D eigenvalue weighted by Crippen LogP contribution is -2.58. The van der Waals surface area contributed by atoms with Crippen molar-refractivity contribution in [3.63, 3.8) is 0 Å². The van der Waals surface area contributed by atoms with E-state index in [1.54, 1.807) is 7.11 Å². The minimum Gasteiger partial charge on any atom is -0.465 e. The molecule has 66 heavy (non-hydrogen) atoms. The zero-order valence-corrected chi connectivity index (χ0v) is 48.6. The highest BCUT2D eigenvalue weighted by atomic mass is 28.4. The van der Waals surface area contributed by atoms with E-state index in [1.165, 1.54) is 0 Å². The van der Waals surface area contributed by atoms with Gasteiger partial charge in [-0.1, -0.05) is 106 Å². The summed E-state index contributed by atoms with van der Waals surface area (Å²) >= 11 is 0. The molecule has 1 heterocycles. The van der Waals surface area contributed by atoms with Gasteiger partial charge in [-0.3, -0.25) is 9.59 Å². The molecule has 1 aromatic carbocycles. The van der Waals surface area contributed by atoms with Crippen molar-refractivity contribution in [1.29, 1.82) is 0 Å². The van der Waals surface area contributed by atoms with Crippen LogP contribution in [0.5, 0.6) is 0 Å². The SMILES string of the molecule is C=C[C@H]1[C@H](C[C@@H](O)COCc2ccccc2)O[C@@](C[C@H](CCCC(=O)C[C@@H](O[Si](C)(C)C(C)(C)C)[C@H](CC)COC(=O)C(C)(C)C)O[Si](C)(C)C(C)(C)C)(OC)C[C@@H]1O[Si](C)(C)C(C)(C)C. The van der Waals surface area contributed by atoms with Crippen molar-refractivity contribution < 1.29 is 46.9 Å². The number of rotatable bonds is 26. The van der Waals surface area contributed by atoms with Crippen LogP contribution in [0.4, 0.5) is 0 Å². The highest BCUT2D eigenvalue weighted by Gasteiger charge is 2.52. The number of methoxy groups -OCH3 is 1. The second-order valence-corrected chi connectivity index (χ2v) is 39.1. The number of ether oxygens (including phenoxy) is 4. The summed E-state index contributed by atoms with van der Waals surface area (Å²) in [7, 11) is -5.22. The van der Waals surface area contributed by atoms with Gasteiger partial charge in [-0.15, -0.1) is 6.58 Å². The third-order valence-electron chi connectivity index (χ3n) is 15.1. The first kappa shape index (κ1) is 60.6. The zero-order chi connectivity index (χ0) is 50.7. The van der Waals surface area contributed by atoms with E-state index in [4.69, 9.17) is 32.2 Å². The second-order valence-electron chi connectivity index (χ2n) is 24.9. The topological polar surface area (TPSA) is 119 Å². The van der Waals surface area contributed by atoms with E-state index in [1.807, 2.05) is 57.2 Å². The molecule has 1 fully saturated rings. The van der Waals surface area contributed by atoms with Crippen LogP contribution in [0.3, 0.4) is 0 Å². The van der Waals surface area contributed by atoms with Gasteiger partial charge >= 0.3 is 5.97 Å². The van der Waals surface area contributed by atoms with Crippen LogP contribution < -0.4 is 0 Å². The lowest BCUT2D eigenvalue weighted by molar-refractivity contribution is -0.306. The fourth-order valence-corrected chi connectivity index (χ4v) is 11.7. The number of hydrogen-bond donors (Lipinski definition) is 1. The van der Waals surface area contributed by atoms with Crippen LogP contribution in [0.1, 0.15) is 147 Å². The molecule has 382 valence electrons. The van der Waals surface area contributed by atoms with Crippen molar-refractivity contribution in [3.05, 3.63) is 48.6 Å². The summed E-state index contributed by atoms with van der Waals surface area (Å²) in [5, 5.41) is 11.3. The van der Waals surface area contributed by atoms with Gasteiger partial charge in [0.1, 0.15) is 5.78 Å². The molecule has 8 atom stereocenters. The van der Waals surface area contributed by atoms with Gasteiger partial charge in [-0.05, 0) is 100.0 Å².